The molecule has 4 rings (SSSR count). The maximum Gasteiger partial charge on any atom is 0.180 e. The lowest BCUT2D eigenvalue weighted by molar-refractivity contribution is 0.245. The number of alkyl halides is 1. The topological polar surface area (TPSA) is 17.8 Å². The van der Waals surface area contributed by atoms with Gasteiger partial charge in [0.2, 0.25) is 0 Å². The second-order valence-corrected chi connectivity index (χ2v) is 5.15. The molecule has 19 heavy (non-hydrogen) atoms. The highest BCUT2D eigenvalue weighted by molar-refractivity contribution is 6.29. The van der Waals surface area contributed by atoms with E-state index in [0.29, 0.717) is 11.6 Å². The maximum atomic E-state index is 14.4. The van der Waals surface area contributed by atoms with Crippen molar-refractivity contribution in [3.8, 4) is 11.3 Å². The summed E-state index contributed by atoms with van der Waals surface area (Å²) in [6.45, 7) is 0. The standard InChI is InChI=1S/C15H10ClFN2/c16-14-7-11-10(8-18-14)6-15(17)19-12-4-2-1-3-9(12)5-13(11)19/h1-5,7-8,15H,6H2. The number of halogens is 2. The summed E-state index contributed by atoms with van der Waals surface area (Å²) in [7, 11) is 0. The van der Waals surface area contributed by atoms with E-state index in [1.165, 1.54) is 0 Å². The Morgan fingerprint density at radius 2 is 2.11 bits per heavy atom. The first-order chi connectivity index (χ1) is 9.24. The predicted octanol–water partition coefficient (Wildman–Crippen LogP) is 4.38. The number of para-hydroxylation sites is 1. The molecule has 0 aliphatic carbocycles. The van der Waals surface area contributed by atoms with Gasteiger partial charge in [-0.25, -0.2) is 9.37 Å². The number of aromatic nitrogens is 2. The van der Waals surface area contributed by atoms with Gasteiger partial charge < -0.3 is 4.57 Å². The summed E-state index contributed by atoms with van der Waals surface area (Å²) in [4.78, 5) is 4.04. The molecule has 0 radical (unpaired) electrons. The number of benzene rings is 1. The first-order valence-corrected chi connectivity index (χ1v) is 6.50. The van der Waals surface area contributed by atoms with Gasteiger partial charge in [-0.15, -0.1) is 0 Å². The number of fused-ring (bicyclic) bond motifs is 5. The molecular weight excluding hydrogens is 263 g/mol. The second kappa shape index (κ2) is 3.81. The molecular formula is C15H10ClFN2. The van der Waals surface area contributed by atoms with E-state index in [4.69, 9.17) is 11.6 Å². The van der Waals surface area contributed by atoms with E-state index >= 15 is 0 Å². The van der Waals surface area contributed by atoms with E-state index < -0.39 is 6.30 Å². The van der Waals surface area contributed by atoms with E-state index in [-0.39, 0.29) is 0 Å². The normalized spacial score (nSPS) is 17.3. The van der Waals surface area contributed by atoms with E-state index in [1.807, 2.05) is 36.4 Å². The van der Waals surface area contributed by atoms with E-state index in [9.17, 15) is 4.39 Å². The summed E-state index contributed by atoms with van der Waals surface area (Å²) in [6, 6.07) is 11.7. The lowest BCUT2D eigenvalue weighted by Gasteiger charge is -2.23. The van der Waals surface area contributed by atoms with Gasteiger partial charge in [-0.05, 0) is 23.8 Å². The first-order valence-electron chi connectivity index (χ1n) is 6.13. The molecule has 3 aromatic rings. The Morgan fingerprint density at radius 1 is 1.26 bits per heavy atom. The summed E-state index contributed by atoms with van der Waals surface area (Å²) in [6.07, 6.45) is 0.960. The number of rotatable bonds is 0. The van der Waals surface area contributed by atoms with Crippen LogP contribution in [-0.2, 0) is 6.42 Å². The minimum absolute atomic E-state index is 0.338. The minimum Gasteiger partial charge on any atom is -0.309 e. The summed E-state index contributed by atoms with van der Waals surface area (Å²) in [5.74, 6) is 0. The minimum atomic E-state index is -1.05. The Balaban J connectivity index is 2.11. The van der Waals surface area contributed by atoms with Crippen molar-refractivity contribution in [2.24, 2.45) is 0 Å². The lowest BCUT2D eigenvalue weighted by atomic mass is 10.0. The number of pyridine rings is 1. The van der Waals surface area contributed by atoms with Crippen LogP contribution in [0.3, 0.4) is 0 Å². The molecule has 1 aromatic carbocycles. The molecule has 0 fully saturated rings. The molecule has 0 N–H and O–H groups in total. The third-order valence-electron chi connectivity index (χ3n) is 3.65. The Labute approximate surface area is 114 Å². The van der Waals surface area contributed by atoms with Gasteiger partial charge >= 0.3 is 0 Å². The molecule has 1 unspecified atom stereocenters. The van der Waals surface area contributed by atoms with Crippen LogP contribution in [0, 0.1) is 0 Å². The van der Waals surface area contributed by atoms with Crippen LogP contribution in [0.25, 0.3) is 22.2 Å². The Bertz CT molecular complexity index is 794. The van der Waals surface area contributed by atoms with Crippen molar-refractivity contribution in [1.82, 2.24) is 9.55 Å². The fourth-order valence-electron chi connectivity index (χ4n) is 2.82. The predicted molar refractivity (Wildman–Crippen MR) is 74.0 cm³/mol. The van der Waals surface area contributed by atoms with Crippen molar-refractivity contribution >= 4 is 22.5 Å². The molecule has 94 valence electrons. The van der Waals surface area contributed by atoms with Crippen LogP contribution in [0.5, 0.6) is 0 Å². The Morgan fingerprint density at radius 3 is 3.00 bits per heavy atom. The molecule has 0 saturated heterocycles. The third kappa shape index (κ3) is 1.51. The highest BCUT2D eigenvalue weighted by atomic mass is 35.5. The fraction of sp³-hybridized carbons (Fsp3) is 0.133. The van der Waals surface area contributed by atoms with E-state index in [2.05, 4.69) is 4.98 Å². The highest BCUT2D eigenvalue weighted by Gasteiger charge is 2.26. The summed E-state index contributed by atoms with van der Waals surface area (Å²) in [5, 5.41) is 1.48. The Kier molecular flexibility index (Phi) is 2.21. The lowest BCUT2D eigenvalue weighted by Crippen LogP contribution is -2.14. The third-order valence-corrected chi connectivity index (χ3v) is 3.85. The molecule has 3 heterocycles. The van der Waals surface area contributed by atoms with Crippen molar-refractivity contribution in [2.45, 2.75) is 12.7 Å². The van der Waals surface area contributed by atoms with Gasteiger partial charge in [0.05, 0.1) is 11.2 Å². The average Bonchev–Trinajstić information content (AvgIpc) is 2.80. The van der Waals surface area contributed by atoms with Crippen LogP contribution in [0.1, 0.15) is 11.9 Å². The van der Waals surface area contributed by atoms with Crippen molar-refractivity contribution in [3.05, 3.63) is 53.3 Å². The SMILES string of the molecule is FC1Cc2cnc(Cl)cc2-c2cc3ccccc3n21. The summed E-state index contributed by atoms with van der Waals surface area (Å²) >= 11 is 5.96. The molecule has 1 aliphatic heterocycles. The van der Waals surface area contributed by atoms with Crippen LogP contribution in [0.2, 0.25) is 5.15 Å². The van der Waals surface area contributed by atoms with Crippen molar-refractivity contribution in [1.29, 1.82) is 0 Å². The molecule has 1 aliphatic rings. The number of hydrogen-bond donors (Lipinski definition) is 0. The van der Waals surface area contributed by atoms with Gasteiger partial charge in [-0.3, -0.25) is 0 Å². The quantitative estimate of drug-likeness (QED) is 0.555. The van der Waals surface area contributed by atoms with Crippen LogP contribution in [-0.4, -0.2) is 9.55 Å². The van der Waals surface area contributed by atoms with Crippen molar-refractivity contribution < 1.29 is 4.39 Å². The van der Waals surface area contributed by atoms with Crippen molar-refractivity contribution in [3.63, 3.8) is 0 Å². The summed E-state index contributed by atoms with van der Waals surface area (Å²) in [5.41, 5.74) is 3.68. The van der Waals surface area contributed by atoms with E-state index in [1.54, 1.807) is 10.8 Å². The van der Waals surface area contributed by atoms with Gasteiger partial charge in [-0.1, -0.05) is 29.8 Å². The number of hydrogen-bond acceptors (Lipinski definition) is 1. The molecule has 0 amide bonds. The van der Waals surface area contributed by atoms with Gasteiger partial charge in [0.1, 0.15) is 5.15 Å². The summed E-state index contributed by atoms with van der Waals surface area (Å²) < 4.78 is 16.2. The molecule has 1 atom stereocenters. The Hall–Kier alpha value is -1.87. The zero-order chi connectivity index (χ0) is 13.0. The van der Waals surface area contributed by atoms with Crippen LogP contribution < -0.4 is 0 Å². The largest absolute Gasteiger partial charge is 0.309 e. The monoisotopic (exact) mass is 272 g/mol. The zero-order valence-corrected chi connectivity index (χ0v) is 10.7. The molecule has 0 saturated carbocycles. The van der Waals surface area contributed by atoms with Gasteiger partial charge in [0.25, 0.3) is 0 Å². The molecule has 2 nitrogen and oxygen atoms in total. The van der Waals surface area contributed by atoms with Gasteiger partial charge in [0, 0.05) is 23.6 Å². The van der Waals surface area contributed by atoms with Gasteiger partial charge in [0.15, 0.2) is 6.30 Å². The second-order valence-electron chi connectivity index (χ2n) is 4.76. The smallest absolute Gasteiger partial charge is 0.180 e. The van der Waals surface area contributed by atoms with Crippen LogP contribution >= 0.6 is 11.6 Å². The molecule has 2 aromatic heterocycles. The first kappa shape index (κ1) is 11.0. The number of nitrogens with zero attached hydrogens (tertiary/aromatic N) is 2. The van der Waals surface area contributed by atoms with Gasteiger partial charge in [-0.2, -0.15) is 0 Å². The maximum absolute atomic E-state index is 14.4. The molecule has 0 bridgehead atoms. The average molecular weight is 273 g/mol. The van der Waals surface area contributed by atoms with Crippen LogP contribution in [0.15, 0.2) is 42.6 Å². The zero-order valence-electron chi connectivity index (χ0n) is 9.98. The molecule has 0 spiro atoms. The van der Waals surface area contributed by atoms with Crippen LogP contribution in [0.4, 0.5) is 4.39 Å². The highest BCUT2D eigenvalue weighted by Crippen LogP contribution is 2.40. The van der Waals surface area contributed by atoms with Crippen molar-refractivity contribution in [2.75, 3.05) is 0 Å². The fourth-order valence-corrected chi connectivity index (χ4v) is 2.97. The molecule has 4 heteroatoms. The van der Waals surface area contributed by atoms with E-state index in [0.717, 1.165) is 27.7 Å².